The first kappa shape index (κ1) is 17.0. The zero-order valence-corrected chi connectivity index (χ0v) is 15.1. The molecular weight excluding hydrogens is 322 g/mol. The van der Waals surface area contributed by atoms with Crippen molar-refractivity contribution in [2.45, 2.75) is 24.8 Å². The molecule has 0 spiro atoms. The van der Waals surface area contributed by atoms with Crippen molar-refractivity contribution in [1.82, 2.24) is 14.0 Å². The lowest BCUT2D eigenvalue weighted by Gasteiger charge is -2.40. The first-order valence-corrected chi connectivity index (χ1v) is 9.20. The summed E-state index contributed by atoms with van der Waals surface area (Å²) in [5.74, 6) is 1.06. The summed E-state index contributed by atoms with van der Waals surface area (Å²) in [6, 6.07) is 12.3. The van der Waals surface area contributed by atoms with E-state index in [0.29, 0.717) is 11.8 Å². The number of nitrogens with zero attached hydrogens (tertiary/aromatic N) is 3. The second-order valence-electron chi connectivity index (χ2n) is 6.28. The number of thioether (sulfide) groups is 1. The summed E-state index contributed by atoms with van der Waals surface area (Å²) in [5, 5.41) is 0.463. The number of rotatable bonds is 3. The molecular formula is C18H23N3O2S. The lowest BCUT2D eigenvalue weighted by Crippen LogP contribution is -2.43. The molecule has 0 bridgehead atoms. The van der Waals surface area contributed by atoms with Crippen molar-refractivity contribution >= 4 is 11.8 Å². The van der Waals surface area contributed by atoms with Gasteiger partial charge in [-0.05, 0) is 5.56 Å². The molecule has 1 fully saturated rings. The Balaban J connectivity index is 1.96. The summed E-state index contributed by atoms with van der Waals surface area (Å²) >= 11 is 1.97. The molecule has 128 valence electrons. The Morgan fingerprint density at radius 3 is 2.54 bits per heavy atom. The third-order valence-corrected chi connectivity index (χ3v) is 5.93. The van der Waals surface area contributed by atoms with E-state index in [1.807, 2.05) is 17.8 Å². The molecule has 2 heterocycles. The van der Waals surface area contributed by atoms with E-state index >= 15 is 0 Å². The molecule has 1 aromatic carbocycles. The van der Waals surface area contributed by atoms with E-state index < -0.39 is 0 Å². The van der Waals surface area contributed by atoms with Crippen LogP contribution in [0, 0.1) is 0 Å². The summed E-state index contributed by atoms with van der Waals surface area (Å²) in [4.78, 5) is 26.5. The summed E-state index contributed by atoms with van der Waals surface area (Å²) in [6.45, 7) is 3.79. The minimum absolute atomic E-state index is 0.246. The first-order valence-electron chi connectivity index (χ1n) is 8.15. The van der Waals surface area contributed by atoms with Crippen molar-refractivity contribution < 1.29 is 0 Å². The molecule has 1 aliphatic heterocycles. The largest absolute Gasteiger partial charge is 0.330 e. The Bertz CT molecular complexity index is 828. The highest BCUT2D eigenvalue weighted by atomic mass is 32.2. The van der Waals surface area contributed by atoms with Crippen LogP contribution in [0.5, 0.6) is 0 Å². The average molecular weight is 345 g/mol. The molecule has 2 unspecified atom stereocenters. The van der Waals surface area contributed by atoms with Crippen LogP contribution in [-0.4, -0.2) is 31.6 Å². The van der Waals surface area contributed by atoms with E-state index in [4.69, 9.17) is 0 Å². The zero-order valence-electron chi connectivity index (χ0n) is 14.3. The molecule has 3 rings (SSSR count). The van der Waals surface area contributed by atoms with Crippen LogP contribution >= 0.6 is 11.8 Å². The van der Waals surface area contributed by atoms with Crippen molar-refractivity contribution in [3.05, 3.63) is 68.5 Å². The lowest BCUT2D eigenvalue weighted by atomic mass is 10.0. The molecule has 5 nitrogen and oxygen atoms in total. The lowest BCUT2D eigenvalue weighted by molar-refractivity contribution is 0.186. The SMILES string of the molecule is CC1SCCN(Cc2cc(=O)n(C)c(=O)n2C)C1c1ccccc1. The van der Waals surface area contributed by atoms with E-state index in [1.54, 1.807) is 17.7 Å². The average Bonchev–Trinajstić information content (AvgIpc) is 2.59. The quantitative estimate of drug-likeness (QED) is 0.851. The van der Waals surface area contributed by atoms with Gasteiger partial charge in [-0.3, -0.25) is 18.8 Å². The zero-order chi connectivity index (χ0) is 17.3. The maximum atomic E-state index is 12.2. The standard InChI is InChI=1S/C18H23N3O2S/c1-13-17(14-7-5-4-6-8-14)21(9-10-24-13)12-15-11-16(22)20(3)18(23)19(15)2/h4-8,11,13,17H,9-10,12H2,1-3H3. The molecule has 0 radical (unpaired) electrons. The van der Waals surface area contributed by atoms with Gasteiger partial charge in [-0.15, -0.1) is 0 Å². The van der Waals surface area contributed by atoms with E-state index in [2.05, 4.69) is 36.1 Å². The third-order valence-electron chi connectivity index (χ3n) is 4.73. The van der Waals surface area contributed by atoms with Crippen LogP contribution in [0.1, 0.15) is 24.2 Å². The van der Waals surface area contributed by atoms with E-state index in [9.17, 15) is 9.59 Å². The molecule has 2 atom stereocenters. The van der Waals surface area contributed by atoms with Crippen molar-refractivity contribution in [1.29, 1.82) is 0 Å². The van der Waals surface area contributed by atoms with Gasteiger partial charge in [-0.1, -0.05) is 37.3 Å². The van der Waals surface area contributed by atoms with Crippen LogP contribution in [0.3, 0.4) is 0 Å². The summed E-state index contributed by atoms with van der Waals surface area (Å²) in [7, 11) is 3.25. The van der Waals surface area contributed by atoms with Crippen molar-refractivity contribution in [2.75, 3.05) is 12.3 Å². The van der Waals surface area contributed by atoms with E-state index in [0.717, 1.165) is 22.6 Å². The molecule has 2 aromatic rings. The Labute approximate surface area is 145 Å². The van der Waals surface area contributed by atoms with Gasteiger partial charge in [0.25, 0.3) is 5.56 Å². The van der Waals surface area contributed by atoms with Gasteiger partial charge in [0, 0.05) is 56.0 Å². The predicted molar refractivity (Wildman–Crippen MR) is 98.4 cm³/mol. The van der Waals surface area contributed by atoms with Gasteiger partial charge in [0.1, 0.15) is 0 Å². The third kappa shape index (κ3) is 3.21. The molecule has 6 heteroatoms. The second kappa shape index (κ2) is 6.99. The van der Waals surface area contributed by atoms with E-state index in [-0.39, 0.29) is 17.3 Å². The number of benzene rings is 1. The van der Waals surface area contributed by atoms with Crippen LogP contribution < -0.4 is 11.2 Å². The highest BCUT2D eigenvalue weighted by molar-refractivity contribution is 8.00. The molecule has 1 aromatic heterocycles. The second-order valence-corrected chi connectivity index (χ2v) is 7.76. The molecule has 1 aliphatic rings. The highest BCUT2D eigenvalue weighted by Gasteiger charge is 2.30. The molecule has 0 amide bonds. The van der Waals surface area contributed by atoms with Crippen LogP contribution in [-0.2, 0) is 20.6 Å². The fourth-order valence-corrected chi connectivity index (χ4v) is 4.55. The molecule has 1 saturated heterocycles. The minimum atomic E-state index is -0.270. The predicted octanol–water partition coefficient (Wildman–Crippen LogP) is 1.76. The van der Waals surface area contributed by atoms with Gasteiger partial charge in [-0.2, -0.15) is 11.8 Å². The van der Waals surface area contributed by atoms with E-state index in [1.165, 1.54) is 12.6 Å². The monoisotopic (exact) mass is 345 g/mol. The molecule has 0 aliphatic carbocycles. The van der Waals surface area contributed by atoms with Gasteiger partial charge in [-0.25, -0.2) is 4.79 Å². The van der Waals surface area contributed by atoms with Crippen LogP contribution in [0.4, 0.5) is 0 Å². The molecule has 0 saturated carbocycles. The van der Waals surface area contributed by atoms with Gasteiger partial charge < -0.3 is 0 Å². The fraction of sp³-hybridized carbons (Fsp3) is 0.444. The fourth-order valence-electron chi connectivity index (χ4n) is 3.33. The Hall–Kier alpha value is -1.79. The Morgan fingerprint density at radius 2 is 1.83 bits per heavy atom. The normalized spacial score (nSPS) is 21.8. The van der Waals surface area contributed by atoms with Crippen LogP contribution in [0.2, 0.25) is 0 Å². The van der Waals surface area contributed by atoms with Gasteiger partial charge in [0.15, 0.2) is 0 Å². The van der Waals surface area contributed by atoms with Gasteiger partial charge in [0.2, 0.25) is 0 Å². The summed E-state index contributed by atoms with van der Waals surface area (Å²) in [5.41, 5.74) is 1.53. The van der Waals surface area contributed by atoms with Crippen LogP contribution in [0.15, 0.2) is 46.0 Å². The molecule has 0 N–H and O–H groups in total. The smallest absolute Gasteiger partial charge is 0.299 e. The van der Waals surface area contributed by atoms with Crippen molar-refractivity contribution in [2.24, 2.45) is 14.1 Å². The first-order chi connectivity index (χ1) is 11.5. The topological polar surface area (TPSA) is 47.2 Å². The van der Waals surface area contributed by atoms with Gasteiger partial charge in [0.05, 0.1) is 0 Å². The van der Waals surface area contributed by atoms with Crippen molar-refractivity contribution in [3.63, 3.8) is 0 Å². The summed E-state index contributed by atoms with van der Waals surface area (Å²) < 4.78 is 2.72. The number of hydrogen-bond donors (Lipinski definition) is 0. The maximum Gasteiger partial charge on any atom is 0.330 e. The van der Waals surface area contributed by atoms with Crippen LogP contribution in [0.25, 0.3) is 0 Å². The Kier molecular flexibility index (Phi) is 4.96. The number of aromatic nitrogens is 2. The minimum Gasteiger partial charge on any atom is -0.299 e. The Morgan fingerprint density at radius 1 is 1.12 bits per heavy atom. The van der Waals surface area contributed by atoms with Gasteiger partial charge >= 0.3 is 5.69 Å². The summed E-state index contributed by atoms with van der Waals surface area (Å²) in [6.07, 6.45) is 0. The highest BCUT2D eigenvalue weighted by Crippen LogP contribution is 2.36. The maximum absolute atomic E-state index is 12.2. The van der Waals surface area contributed by atoms with Crippen molar-refractivity contribution in [3.8, 4) is 0 Å². The molecule has 24 heavy (non-hydrogen) atoms. The number of hydrogen-bond acceptors (Lipinski definition) is 4.